The average molecular weight is 285 g/mol. The molecule has 1 N–H and O–H groups in total. The van der Waals surface area contributed by atoms with Crippen LogP contribution < -0.4 is 5.32 Å². The molecule has 0 amide bonds. The maximum Gasteiger partial charge on any atom is 0.0668 e. The Bertz CT molecular complexity index is 563. The quantitative estimate of drug-likeness (QED) is 0.853. The summed E-state index contributed by atoms with van der Waals surface area (Å²) in [5, 5.41) is 3.50. The Labute approximate surface area is 126 Å². The van der Waals surface area contributed by atoms with Crippen molar-refractivity contribution in [1.29, 1.82) is 0 Å². The SMILES string of the molecule is CCCc1cccc(C(NC)c2cc3c(s2)CCC3)c1. The predicted molar refractivity (Wildman–Crippen MR) is 87.7 cm³/mol. The number of aryl methyl sites for hydroxylation is 3. The molecule has 0 saturated heterocycles. The molecule has 20 heavy (non-hydrogen) atoms. The first-order chi connectivity index (χ1) is 9.81. The third kappa shape index (κ3) is 2.68. The molecular formula is C18H23NS. The van der Waals surface area contributed by atoms with Crippen LogP contribution in [-0.2, 0) is 19.3 Å². The molecule has 2 aromatic rings. The van der Waals surface area contributed by atoms with Crippen molar-refractivity contribution in [2.24, 2.45) is 0 Å². The van der Waals surface area contributed by atoms with E-state index >= 15 is 0 Å². The first-order valence-electron chi connectivity index (χ1n) is 7.69. The van der Waals surface area contributed by atoms with Crippen LogP contribution in [0.3, 0.4) is 0 Å². The van der Waals surface area contributed by atoms with Crippen molar-refractivity contribution < 1.29 is 0 Å². The standard InChI is InChI=1S/C18H23NS/c1-3-6-13-7-4-9-15(11-13)18(19-2)17-12-14-8-5-10-16(14)20-17/h4,7,9,11-12,18-19H,3,5-6,8,10H2,1-2H3. The smallest absolute Gasteiger partial charge is 0.0668 e. The largest absolute Gasteiger partial charge is 0.309 e. The Morgan fingerprint density at radius 3 is 2.90 bits per heavy atom. The summed E-state index contributed by atoms with van der Waals surface area (Å²) in [5.41, 5.74) is 4.45. The van der Waals surface area contributed by atoms with Crippen LogP contribution >= 0.6 is 11.3 Å². The van der Waals surface area contributed by atoms with Gasteiger partial charge >= 0.3 is 0 Å². The summed E-state index contributed by atoms with van der Waals surface area (Å²) < 4.78 is 0. The monoisotopic (exact) mass is 285 g/mol. The van der Waals surface area contributed by atoms with E-state index in [2.05, 4.69) is 49.6 Å². The number of nitrogens with one attached hydrogen (secondary N) is 1. The minimum atomic E-state index is 0.349. The van der Waals surface area contributed by atoms with E-state index in [-0.39, 0.29) is 0 Å². The normalized spacial score (nSPS) is 15.3. The van der Waals surface area contributed by atoms with Crippen molar-refractivity contribution in [1.82, 2.24) is 5.32 Å². The second-order valence-electron chi connectivity index (χ2n) is 5.67. The number of fused-ring (bicyclic) bond motifs is 1. The fourth-order valence-corrected chi connectivity index (χ4v) is 4.58. The van der Waals surface area contributed by atoms with E-state index in [0.717, 1.165) is 0 Å². The Morgan fingerprint density at radius 2 is 2.15 bits per heavy atom. The summed E-state index contributed by atoms with van der Waals surface area (Å²) >= 11 is 2.01. The molecule has 106 valence electrons. The van der Waals surface area contributed by atoms with E-state index in [4.69, 9.17) is 0 Å². The molecule has 1 nitrogen and oxygen atoms in total. The number of benzene rings is 1. The van der Waals surface area contributed by atoms with Crippen LogP contribution in [-0.4, -0.2) is 7.05 Å². The van der Waals surface area contributed by atoms with Gasteiger partial charge in [0.2, 0.25) is 0 Å². The summed E-state index contributed by atoms with van der Waals surface area (Å²) in [4.78, 5) is 3.09. The second-order valence-corrected chi connectivity index (χ2v) is 6.84. The highest BCUT2D eigenvalue weighted by atomic mass is 32.1. The molecule has 1 aliphatic carbocycles. The zero-order valence-electron chi connectivity index (χ0n) is 12.4. The minimum Gasteiger partial charge on any atom is -0.309 e. The van der Waals surface area contributed by atoms with Gasteiger partial charge in [0.05, 0.1) is 6.04 Å². The summed E-state index contributed by atoms with van der Waals surface area (Å²) in [7, 11) is 2.07. The van der Waals surface area contributed by atoms with Gasteiger partial charge in [-0.05, 0) is 55.5 Å². The molecule has 1 aromatic heterocycles. The van der Waals surface area contributed by atoms with Crippen LogP contribution in [0.25, 0.3) is 0 Å². The summed E-state index contributed by atoms with van der Waals surface area (Å²) in [6.07, 6.45) is 6.29. The van der Waals surface area contributed by atoms with Gasteiger partial charge in [0.25, 0.3) is 0 Å². The summed E-state index contributed by atoms with van der Waals surface area (Å²) in [5.74, 6) is 0. The lowest BCUT2D eigenvalue weighted by Gasteiger charge is -2.16. The fourth-order valence-electron chi connectivity index (χ4n) is 3.18. The van der Waals surface area contributed by atoms with Crippen molar-refractivity contribution in [2.45, 2.75) is 45.1 Å². The molecule has 1 aliphatic rings. The van der Waals surface area contributed by atoms with E-state index in [1.54, 1.807) is 10.4 Å². The van der Waals surface area contributed by atoms with Crippen LogP contribution in [0.5, 0.6) is 0 Å². The van der Waals surface area contributed by atoms with Gasteiger partial charge in [0.1, 0.15) is 0 Å². The van der Waals surface area contributed by atoms with Crippen LogP contribution in [0.1, 0.15) is 52.3 Å². The zero-order valence-corrected chi connectivity index (χ0v) is 13.2. The molecule has 1 aromatic carbocycles. The topological polar surface area (TPSA) is 12.0 Å². The zero-order chi connectivity index (χ0) is 13.9. The molecule has 0 spiro atoms. The fraction of sp³-hybridized carbons (Fsp3) is 0.444. The van der Waals surface area contributed by atoms with Gasteiger partial charge in [-0.15, -0.1) is 11.3 Å². The maximum atomic E-state index is 3.50. The number of rotatable bonds is 5. The van der Waals surface area contributed by atoms with E-state index in [0.29, 0.717) is 6.04 Å². The molecule has 0 aliphatic heterocycles. The number of thiophene rings is 1. The Balaban J connectivity index is 1.90. The molecule has 1 unspecified atom stereocenters. The highest BCUT2D eigenvalue weighted by molar-refractivity contribution is 7.12. The van der Waals surface area contributed by atoms with Gasteiger partial charge in [-0.25, -0.2) is 0 Å². The van der Waals surface area contributed by atoms with Gasteiger partial charge < -0.3 is 5.32 Å². The van der Waals surface area contributed by atoms with Crippen LogP contribution in [0, 0.1) is 0 Å². The molecule has 3 rings (SSSR count). The lowest BCUT2D eigenvalue weighted by molar-refractivity contribution is 0.701. The lowest BCUT2D eigenvalue weighted by Crippen LogP contribution is -2.16. The molecular weight excluding hydrogens is 262 g/mol. The first-order valence-corrected chi connectivity index (χ1v) is 8.51. The van der Waals surface area contributed by atoms with Crippen molar-refractivity contribution in [3.8, 4) is 0 Å². The molecule has 0 bridgehead atoms. The maximum absolute atomic E-state index is 3.50. The first kappa shape index (κ1) is 13.8. The van der Waals surface area contributed by atoms with Gasteiger partial charge in [-0.2, -0.15) is 0 Å². The molecule has 1 atom stereocenters. The van der Waals surface area contributed by atoms with Gasteiger partial charge in [-0.1, -0.05) is 37.6 Å². The Hall–Kier alpha value is -1.12. The molecule has 0 fully saturated rings. The molecule has 1 heterocycles. The highest BCUT2D eigenvalue weighted by Gasteiger charge is 2.20. The molecule has 0 radical (unpaired) electrons. The Kier molecular flexibility index (Phi) is 4.23. The molecule has 0 saturated carbocycles. The summed E-state index contributed by atoms with van der Waals surface area (Å²) in [6.45, 7) is 2.24. The average Bonchev–Trinajstić information content (AvgIpc) is 3.02. The Morgan fingerprint density at radius 1 is 1.25 bits per heavy atom. The van der Waals surface area contributed by atoms with E-state index in [1.165, 1.54) is 48.1 Å². The van der Waals surface area contributed by atoms with Crippen molar-refractivity contribution in [2.75, 3.05) is 7.05 Å². The van der Waals surface area contributed by atoms with Gasteiger partial charge in [-0.3, -0.25) is 0 Å². The number of hydrogen-bond donors (Lipinski definition) is 1. The minimum absolute atomic E-state index is 0.349. The van der Waals surface area contributed by atoms with Gasteiger partial charge in [0, 0.05) is 9.75 Å². The van der Waals surface area contributed by atoms with Crippen LogP contribution in [0.2, 0.25) is 0 Å². The van der Waals surface area contributed by atoms with Crippen LogP contribution in [0.15, 0.2) is 30.3 Å². The van der Waals surface area contributed by atoms with Crippen molar-refractivity contribution in [3.05, 3.63) is 56.8 Å². The van der Waals surface area contributed by atoms with Crippen molar-refractivity contribution in [3.63, 3.8) is 0 Å². The van der Waals surface area contributed by atoms with Crippen molar-refractivity contribution >= 4 is 11.3 Å². The predicted octanol–water partition coefficient (Wildman–Crippen LogP) is 4.50. The third-order valence-corrected chi connectivity index (χ3v) is 5.46. The van der Waals surface area contributed by atoms with Gasteiger partial charge in [0.15, 0.2) is 0 Å². The van der Waals surface area contributed by atoms with Crippen LogP contribution in [0.4, 0.5) is 0 Å². The van der Waals surface area contributed by atoms with E-state index in [1.807, 2.05) is 11.3 Å². The third-order valence-electron chi connectivity index (χ3n) is 4.16. The van der Waals surface area contributed by atoms with E-state index < -0.39 is 0 Å². The highest BCUT2D eigenvalue weighted by Crippen LogP contribution is 2.36. The second kappa shape index (κ2) is 6.11. The van der Waals surface area contributed by atoms with E-state index in [9.17, 15) is 0 Å². The number of hydrogen-bond acceptors (Lipinski definition) is 2. The summed E-state index contributed by atoms with van der Waals surface area (Å²) in [6, 6.07) is 11.9. The molecule has 2 heteroatoms. The lowest BCUT2D eigenvalue weighted by atomic mass is 10.0.